The molecule has 1 aliphatic heterocycles. The fourth-order valence-corrected chi connectivity index (χ4v) is 9.01. The smallest absolute Gasteiger partial charge is 0.135 e. The van der Waals surface area contributed by atoms with E-state index < -0.39 is 43.1 Å². The van der Waals surface area contributed by atoms with Gasteiger partial charge in [0.2, 0.25) is 0 Å². The van der Waals surface area contributed by atoms with E-state index >= 15 is 0 Å². The quantitative estimate of drug-likeness (QED) is 0.156. The molecule has 0 spiro atoms. The van der Waals surface area contributed by atoms with Crippen molar-refractivity contribution >= 4 is 66.4 Å². The van der Waals surface area contributed by atoms with Gasteiger partial charge in [-0.15, -0.1) is 48.1 Å². The van der Waals surface area contributed by atoms with Gasteiger partial charge in [0.1, 0.15) is 5.82 Å². The van der Waals surface area contributed by atoms with Crippen LogP contribution in [0.4, 0.5) is 22.7 Å². The molecule has 0 N–H and O–H groups in total. The number of fused-ring (bicyclic) bond motifs is 7. The van der Waals surface area contributed by atoms with Gasteiger partial charge in [0.25, 0.3) is 0 Å². The summed E-state index contributed by atoms with van der Waals surface area (Å²) in [7, 11) is 0. The van der Waals surface area contributed by atoms with Crippen LogP contribution in [0.3, 0.4) is 0 Å². The van der Waals surface area contributed by atoms with Crippen molar-refractivity contribution in [3.8, 4) is 23.0 Å². The molecule has 68 heavy (non-hydrogen) atoms. The Morgan fingerprint density at radius 2 is 1.24 bits per heavy atom. The van der Waals surface area contributed by atoms with Gasteiger partial charge in [-0.25, -0.2) is 4.98 Å². The van der Waals surface area contributed by atoms with E-state index in [1.807, 2.05) is 69.6 Å². The summed E-state index contributed by atoms with van der Waals surface area (Å²) in [6, 6.07) is 34.0. The maximum Gasteiger partial charge on any atom is 0.135 e. The molecule has 0 aliphatic carbocycles. The fourth-order valence-electron chi connectivity index (χ4n) is 9.01. The molecule has 0 unspecified atom stereocenters. The molecule has 0 amide bonds. The number of aryl methyl sites for hydroxylation is 1. The van der Waals surface area contributed by atoms with E-state index in [0.717, 1.165) is 27.8 Å². The van der Waals surface area contributed by atoms with Gasteiger partial charge in [-0.2, -0.15) is 12.1 Å². The van der Waals surface area contributed by atoms with Crippen LogP contribution in [0.25, 0.3) is 55.1 Å². The van der Waals surface area contributed by atoms with Crippen LogP contribution in [-0.4, -0.2) is 14.1 Å². The van der Waals surface area contributed by atoms with Crippen molar-refractivity contribution in [3.63, 3.8) is 0 Å². The van der Waals surface area contributed by atoms with E-state index in [0.29, 0.717) is 56.5 Å². The molecule has 7 heteroatoms. The third kappa shape index (κ3) is 7.77. The van der Waals surface area contributed by atoms with Crippen molar-refractivity contribution < 1.29 is 40.9 Å². The molecule has 344 valence electrons. The first-order valence-corrected chi connectivity index (χ1v) is 22.5. The number of para-hydroxylation sites is 3. The topological polar surface area (TPSA) is 38.5 Å². The third-order valence-corrected chi connectivity index (χ3v) is 12.7. The van der Waals surface area contributed by atoms with Crippen LogP contribution in [0.5, 0.6) is 11.5 Å². The van der Waals surface area contributed by atoms with Gasteiger partial charge in [-0.05, 0) is 111 Å². The summed E-state index contributed by atoms with van der Waals surface area (Å²) in [5.74, 6) is 1.32. The first-order chi connectivity index (χ1) is 36.5. The Labute approximate surface area is 430 Å². The summed E-state index contributed by atoms with van der Waals surface area (Å²) in [6.07, 6.45) is 1.77. The molecule has 6 nitrogen and oxygen atoms in total. The normalized spacial score (nSPS) is 15.7. The molecule has 0 fully saturated rings. The summed E-state index contributed by atoms with van der Waals surface area (Å²) in [5.41, 5.74) is 7.30. The minimum Gasteiger partial charge on any atom is -0.509 e. The van der Waals surface area contributed by atoms with Crippen molar-refractivity contribution in [1.29, 1.82) is 0 Å². The minimum absolute atomic E-state index is 0. The molecule has 0 saturated carbocycles. The number of hydrogen-bond acceptors (Lipinski definition) is 4. The average Bonchev–Trinajstić information content (AvgIpc) is 4.24. The monoisotopic (exact) mass is 1080 g/mol. The summed E-state index contributed by atoms with van der Waals surface area (Å²) in [6.45, 7) is 18.9. The van der Waals surface area contributed by atoms with Crippen LogP contribution in [0.1, 0.15) is 99.6 Å². The Bertz CT molecular complexity index is 4050. The maximum absolute atomic E-state index is 9.13. The zero-order valence-corrected chi connectivity index (χ0v) is 41.6. The maximum atomic E-state index is 9.13. The molecule has 4 heterocycles. The Kier molecular flexibility index (Phi) is 8.23. The molecule has 7 aromatic carbocycles. The molecular weight excluding hydrogens is 1010 g/mol. The van der Waals surface area contributed by atoms with E-state index in [2.05, 4.69) is 92.6 Å². The number of rotatable bonds is 6. The number of benzene rings is 7. The first-order valence-electron chi connectivity index (χ1n) is 28.0. The predicted molar refractivity (Wildman–Crippen MR) is 279 cm³/mol. The van der Waals surface area contributed by atoms with Crippen LogP contribution in [-0.2, 0) is 37.3 Å². The largest absolute Gasteiger partial charge is 0.509 e. The number of anilines is 4. The van der Waals surface area contributed by atoms with Crippen LogP contribution >= 0.6 is 0 Å². The van der Waals surface area contributed by atoms with E-state index in [4.69, 9.17) is 24.8 Å². The Morgan fingerprint density at radius 1 is 0.574 bits per heavy atom. The van der Waals surface area contributed by atoms with Crippen LogP contribution < -0.4 is 14.5 Å². The fraction of sp³-hybridized carbons (Fsp3) is 0.213. The number of ether oxygens (including phenoxy) is 1. The molecule has 0 bridgehead atoms. The molecule has 1 aliphatic rings. The standard InChI is InChI=1S/C61H56N5O.Pt/c1-39-17-15-24-55-58(39)64(45-32-41(60(5,6)7)31-42(33-45)61(8,9)10)38-63(55)43-18-16-19-46(35-43)67-47-26-27-50-51-36-44(65-52-22-13-11-20-48(52)49-21-12-14-23-53(49)65)25-28-54(51)66(56(50)37-47)57-34-40(29-30-62-57)59(2,3)4;/h11-34,36,38H,1-10H3;/q-3;/i1D3,11D,12D,13D,14D,20D,21D,22D,23D;. The number of pyridine rings is 1. The molecule has 3 aromatic heterocycles. The Morgan fingerprint density at radius 3 is 1.91 bits per heavy atom. The van der Waals surface area contributed by atoms with E-state index in [1.54, 1.807) is 36.5 Å². The summed E-state index contributed by atoms with van der Waals surface area (Å²) in [4.78, 5) is 8.77. The second-order valence-corrected chi connectivity index (χ2v) is 20.4. The number of nitrogens with zero attached hydrogens (tertiary/aromatic N) is 5. The third-order valence-electron chi connectivity index (χ3n) is 12.7. The SMILES string of the molecule is [2H]c1c([2H])c([2H])c2c(c1[2H])c1c([2H])c([2H])c([2H])c([2H])c1n2-c1ccc2c(c1)c1ccc(Oc3[c-]c(N4[CH-]N(c5cc(C(C)(C)C)cc(C(C)(C)C)c5)c5c4cccc5C([2H])([2H])[2H])ccc3)[c-]c1n2-c1cc(C(C)(C)C)ccn1.[Pt]. The van der Waals surface area contributed by atoms with Gasteiger partial charge in [-0.3, -0.25) is 0 Å². The van der Waals surface area contributed by atoms with Gasteiger partial charge < -0.3 is 23.7 Å². The Balaban J connectivity index is 0.00000704. The molecule has 11 rings (SSSR count). The second kappa shape index (κ2) is 16.6. The Hall–Kier alpha value is -6.62. The van der Waals surface area contributed by atoms with Crippen molar-refractivity contribution in [2.24, 2.45) is 0 Å². The number of hydrogen-bond donors (Lipinski definition) is 0. The predicted octanol–water partition coefficient (Wildman–Crippen LogP) is 16.3. The van der Waals surface area contributed by atoms with Crippen molar-refractivity contribution in [3.05, 3.63) is 193 Å². The van der Waals surface area contributed by atoms with E-state index in [-0.39, 0.29) is 76.8 Å². The summed E-state index contributed by atoms with van der Waals surface area (Å²) < 4.78 is 107. The van der Waals surface area contributed by atoms with Crippen LogP contribution in [0, 0.1) is 25.7 Å². The van der Waals surface area contributed by atoms with E-state index in [1.165, 1.54) is 4.57 Å². The number of aromatic nitrogens is 3. The van der Waals surface area contributed by atoms with Crippen LogP contribution in [0.2, 0.25) is 0 Å². The first kappa shape index (κ1) is 33.8. The molecule has 0 atom stereocenters. The molecular formula is C61H56N5OPt-3. The molecule has 10 aromatic rings. The van der Waals surface area contributed by atoms with Crippen LogP contribution in [0.15, 0.2) is 152 Å². The van der Waals surface area contributed by atoms with Gasteiger partial charge in [0.15, 0.2) is 0 Å². The van der Waals surface area contributed by atoms with Crippen molar-refractivity contribution in [2.45, 2.75) is 85.4 Å². The van der Waals surface area contributed by atoms with Gasteiger partial charge in [0, 0.05) is 81.9 Å². The van der Waals surface area contributed by atoms with Crippen molar-refractivity contribution in [2.75, 3.05) is 9.80 Å². The minimum atomic E-state index is -2.42. The van der Waals surface area contributed by atoms with Gasteiger partial charge >= 0.3 is 0 Å². The summed E-state index contributed by atoms with van der Waals surface area (Å²) >= 11 is 0. The zero-order chi connectivity index (χ0) is 56.0. The zero-order valence-electron chi connectivity index (χ0n) is 50.4. The second-order valence-electron chi connectivity index (χ2n) is 20.4. The van der Waals surface area contributed by atoms with Gasteiger partial charge in [-0.1, -0.05) is 122 Å². The summed E-state index contributed by atoms with van der Waals surface area (Å²) in [5, 5.41) is 1.41. The molecule has 0 saturated heterocycles. The average molecular weight is 1080 g/mol. The van der Waals surface area contributed by atoms with Gasteiger partial charge in [0.05, 0.1) is 22.0 Å². The molecule has 0 radical (unpaired) electrons. The van der Waals surface area contributed by atoms with Crippen molar-refractivity contribution in [1.82, 2.24) is 14.1 Å². The van der Waals surface area contributed by atoms with E-state index in [9.17, 15) is 0 Å².